The molecule has 0 bridgehead atoms. The van der Waals surface area contributed by atoms with Gasteiger partial charge in [-0.25, -0.2) is 4.39 Å². The van der Waals surface area contributed by atoms with Gasteiger partial charge in [0.1, 0.15) is 12.4 Å². The van der Waals surface area contributed by atoms with Crippen molar-refractivity contribution in [3.8, 4) is 0 Å². The summed E-state index contributed by atoms with van der Waals surface area (Å²) in [5.41, 5.74) is 1.62. The van der Waals surface area contributed by atoms with Crippen LogP contribution >= 0.6 is 0 Å². The van der Waals surface area contributed by atoms with Gasteiger partial charge in [0.15, 0.2) is 0 Å². The summed E-state index contributed by atoms with van der Waals surface area (Å²) in [4.78, 5) is 38.5. The molecule has 3 unspecified atom stereocenters. The number of rotatable bonds is 7. The molecule has 36 heavy (non-hydrogen) atoms. The van der Waals surface area contributed by atoms with Crippen molar-refractivity contribution in [3.05, 3.63) is 83.7 Å². The fourth-order valence-corrected chi connectivity index (χ4v) is 4.14. The number of carbonyl (C=O) groups excluding carboxylic acids is 3. The van der Waals surface area contributed by atoms with Crippen molar-refractivity contribution in [2.75, 3.05) is 19.8 Å². The molecule has 3 atom stereocenters. The monoisotopic (exact) mass is 496 g/mol. The Balaban J connectivity index is 1.80. The van der Waals surface area contributed by atoms with E-state index >= 15 is 0 Å². The zero-order valence-corrected chi connectivity index (χ0v) is 20.2. The van der Waals surface area contributed by atoms with E-state index < -0.39 is 17.9 Å². The molecule has 0 aliphatic carbocycles. The molecular formula is C28H33FN2O5. The van der Waals surface area contributed by atoms with Crippen LogP contribution in [0.15, 0.2) is 66.7 Å². The molecule has 2 amide bonds. The van der Waals surface area contributed by atoms with Crippen LogP contribution in [-0.2, 0) is 25.5 Å². The molecular weight excluding hydrogens is 463 g/mol. The van der Waals surface area contributed by atoms with Gasteiger partial charge in [-0.3, -0.25) is 14.4 Å². The maximum atomic E-state index is 13.3. The highest BCUT2D eigenvalue weighted by Crippen LogP contribution is 2.22. The lowest BCUT2D eigenvalue weighted by Crippen LogP contribution is -2.39. The number of hydrogen-bond acceptors (Lipinski definition) is 5. The molecule has 1 heterocycles. The zero-order chi connectivity index (χ0) is 25.8. The Kier molecular flexibility index (Phi) is 10.6. The lowest BCUT2D eigenvalue weighted by Gasteiger charge is -2.23. The summed E-state index contributed by atoms with van der Waals surface area (Å²) in [6.45, 7) is -0.102. The standard InChI is InChI=1S/C28H33FN2O5/c29-24-13-11-20(12-14-24)17-23-10-6-2-5-9-22(18-26(33)30-15-16-32)27(34)31-25(19-36-28(23)35)21-7-3-1-4-8-21/h1-5,7-8,11-14,22-23,25,32H,6,9-10,15-19H2,(H,30,33)(H,31,34). The van der Waals surface area contributed by atoms with Crippen LogP contribution in [0.25, 0.3) is 0 Å². The lowest BCUT2D eigenvalue weighted by molar-refractivity contribution is -0.150. The SMILES string of the molecule is O=C(CC1CC=CCCC(Cc2ccc(F)cc2)C(=O)OCC(c2ccccc2)NC1=O)NCCO. The first-order valence-electron chi connectivity index (χ1n) is 12.2. The minimum Gasteiger partial charge on any atom is -0.463 e. The summed E-state index contributed by atoms with van der Waals surface area (Å²) in [7, 11) is 0. The minimum atomic E-state index is -0.613. The van der Waals surface area contributed by atoms with Gasteiger partial charge in [-0.15, -0.1) is 0 Å². The normalized spacial score (nSPS) is 21.3. The third-order valence-electron chi connectivity index (χ3n) is 6.15. The van der Waals surface area contributed by atoms with Crippen LogP contribution in [0, 0.1) is 17.7 Å². The first kappa shape index (κ1) is 27.1. The Morgan fingerprint density at radius 3 is 2.53 bits per heavy atom. The fraction of sp³-hybridized carbons (Fsp3) is 0.393. The van der Waals surface area contributed by atoms with Gasteiger partial charge < -0.3 is 20.5 Å². The van der Waals surface area contributed by atoms with Crippen LogP contribution in [0.2, 0.25) is 0 Å². The summed E-state index contributed by atoms with van der Waals surface area (Å²) < 4.78 is 19.0. The Bertz CT molecular complexity index is 1030. The van der Waals surface area contributed by atoms with E-state index in [1.54, 1.807) is 12.1 Å². The number of allylic oxidation sites excluding steroid dienone is 2. The van der Waals surface area contributed by atoms with Crippen LogP contribution in [0.3, 0.4) is 0 Å². The second-order valence-corrected chi connectivity index (χ2v) is 8.89. The number of cyclic esters (lactones) is 1. The average molecular weight is 497 g/mol. The molecule has 1 aliphatic rings. The number of carbonyl (C=O) groups is 3. The van der Waals surface area contributed by atoms with E-state index in [4.69, 9.17) is 9.84 Å². The van der Waals surface area contributed by atoms with Gasteiger partial charge in [0, 0.05) is 13.0 Å². The summed E-state index contributed by atoms with van der Waals surface area (Å²) in [6, 6.07) is 14.7. The second-order valence-electron chi connectivity index (χ2n) is 8.89. The lowest BCUT2D eigenvalue weighted by atomic mass is 9.94. The molecule has 0 fully saturated rings. The van der Waals surface area contributed by atoms with Crippen LogP contribution in [0.4, 0.5) is 4.39 Å². The van der Waals surface area contributed by atoms with E-state index in [0.29, 0.717) is 25.7 Å². The van der Waals surface area contributed by atoms with Gasteiger partial charge in [0.25, 0.3) is 0 Å². The molecule has 3 rings (SSSR count). The van der Waals surface area contributed by atoms with Gasteiger partial charge in [-0.1, -0.05) is 54.6 Å². The number of aliphatic hydroxyl groups excluding tert-OH is 1. The van der Waals surface area contributed by atoms with Gasteiger partial charge >= 0.3 is 5.97 Å². The van der Waals surface area contributed by atoms with Crippen LogP contribution in [0.1, 0.15) is 42.9 Å². The number of halogens is 1. The molecule has 0 saturated carbocycles. The van der Waals surface area contributed by atoms with Crippen molar-refractivity contribution in [1.29, 1.82) is 0 Å². The Labute approximate surface area is 210 Å². The van der Waals surface area contributed by atoms with Crippen molar-refractivity contribution in [2.24, 2.45) is 11.8 Å². The van der Waals surface area contributed by atoms with Crippen LogP contribution in [0.5, 0.6) is 0 Å². The average Bonchev–Trinajstić information content (AvgIpc) is 2.90. The molecule has 0 spiro atoms. The summed E-state index contributed by atoms with van der Waals surface area (Å²) in [6.07, 6.45) is 5.65. The first-order chi connectivity index (χ1) is 17.5. The third-order valence-corrected chi connectivity index (χ3v) is 6.15. The molecule has 2 aromatic rings. The van der Waals surface area contributed by atoms with Crippen molar-refractivity contribution in [1.82, 2.24) is 10.6 Å². The molecule has 192 valence electrons. The number of ether oxygens (including phenoxy) is 1. The predicted molar refractivity (Wildman–Crippen MR) is 133 cm³/mol. The number of amides is 2. The van der Waals surface area contributed by atoms with Crippen molar-refractivity contribution in [3.63, 3.8) is 0 Å². The second kappa shape index (κ2) is 14.1. The van der Waals surface area contributed by atoms with Gasteiger partial charge in [0.2, 0.25) is 11.8 Å². The predicted octanol–water partition coefficient (Wildman–Crippen LogP) is 3.24. The molecule has 7 nitrogen and oxygen atoms in total. The Morgan fingerprint density at radius 2 is 1.81 bits per heavy atom. The quantitative estimate of drug-likeness (QED) is 0.403. The van der Waals surface area contributed by atoms with Crippen molar-refractivity contribution < 1.29 is 28.6 Å². The van der Waals surface area contributed by atoms with E-state index in [0.717, 1.165) is 11.1 Å². The Morgan fingerprint density at radius 1 is 1.06 bits per heavy atom. The highest BCUT2D eigenvalue weighted by atomic mass is 19.1. The third kappa shape index (κ3) is 8.61. The zero-order valence-electron chi connectivity index (χ0n) is 20.2. The van der Waals surface area contributed by atoms with Crippen molar-refractivity contribution >= 4 is 17.8 Å². The summed E-state index contributed by atoms with van der Waals surface area (Å²) >= 11 is 0. The molecule has 8 heteroatoms. The number of nitrogens with one attached hydrogen (secondary N) is 2. The Hall–Kier alpha value is -3.52. The van der Waals surface area contributed by atoms with E-state index in [2.05, 4.69) is 10.6 Å². The maximum Gasteiger partial charge on any atom is 0.309 e. The number of benzene rings is 2. The van der Waals surface area contributed by atoms with E-state index in [1.165, 1.54) is 12.1 Å². The number of esters is 1. The van der Waals surface area contributed by atoms with Gasteiger partial charge in [0.05, 0.1) is 24.5 Å². The van der Waals surface area contributed by atoms with Crippen LogP contribution < -0.4 is 10.6 Å². The van der Waals surface area contributed by atoms with Crippen LogP contribution in [-0.4, -0.2) is 42.6 Å². The molecule has 1 aliphatic heterocycles. The maximum absolute atomic E-state index is 13.3. The topological polar surface area (TPSA) is 105 Å². The highest BCUT2D eigenvalue weighted by Gasteiger charge is 2.27. The summed E-state index contributed by atoms with van der Waals surface area (Å²) in [5.74, 6) is -2.37. The fourth-order valence-electron chi connectivity index (χ4n) is 4.14. The van der Waals surface area contributed by atoms with Crippen molar-refractivity contribution in [2.45, 2.75) is 38.1 Å². The van der Waals surface area contributed by atoms with E-state index in [-0.39, 0.29) is 49.8 Å². The largest absolute Gasteiger partial charge is 0.463 e. The smallest absolute Gasteiger partial charge is 0.309 e. The van der Waals surface area contributed by atoms with Gasteiger partial charge in [-0.2, -0.15) is 0 Å². The van der Waals surface area contributed by atoms with E-state index in [9.17, 15) is 18.8 Å². The molecule has 3 N–H and O–H groups in total. The van der Waals surface area contributed by atoms with Gasteiger partial charge in [-0.05, 0) is 48.9 Å². The number of hydrogen-bond donors (Lipinski definition) is 3. The molecule has 0 saturated heterocycles. The minimum absolute atomic E-state index is 0.0232. The summed E-state index contributed by atoms with van der Waals surface area (Å²) in [5, 5.41) is 14.5. The highest BCUT2D eigenvalue weighted by molar-refractivity contribution is 5.86. The van der Waals surface area contributed by atoms with E-state index in [1.807, 2.05) is 42.5 Å². The molecule has 0 radical (unpaired) electrons. The molecule has 0 aromatic heterocycles. The molecule has 2 aromatic carbocycles. The first-order valence-corrected chi connectivity index (χ1v) is 12.2. The number of aliphatic hydroxyl groups is 1.